The molecule has 0 aliphatic carbocycles. The summed E-state index contributed by atoms with van der Waals surface area (Å²) in [6, 6.07) is 0.826. The molecule has 0 saturated carbocycles. The second-order valence-electron chi connectivity index (χ2n) is 8.45. The average Bonchev–Trinajstić information content (AvgIpc) is 3.41. The molecule has 15 heteroatoms. The third kappa shape index (κ3) is 7.41. The highest BCUT2D eigenvalue weighted by molar-refractivity contribution is 8.00. The predicted molar refractivity (Wildman–Crippen MR) is 125 cm³/mol. The van der Waals surface area contributed by atoms with Crippen LogP contribution in [-0.4, -0.2) is 75.5 Å². The SMILES string of the molecule is O=C(CCCC[C@@H]1SC[C@@H]2NC(=O)N[C@@H]21)NCCCCCC(=O)On1c(O)cc(S(=O)(=O)O)c1O. The number of hydrogen-bond donors (Lipinski definition) is 6. The molecule has 3 rings (SSSR count). The number of thioether (sulfide) groups is 1. The molecule has 0 spiro atoms. The number of aromatic nitrogens is 1. The fourth-order valence-corrected chi connectivity index (χ4v) is 6.15. The lowest BCUT2D eigenvalue weighted by atomic mass is 10.0. The predicted octanol–water partition coefficient (Wildman–Crippen LogP) is 0.504. The van der Waals surface area contributed by atoms with E-state index in [2.05, 4.69) is 16.0 Å². The first-order valence-electron chi connectivity index (χ1n) is 11.3. The summed E-state index contributed by atoms with van der Waals surface area (Å²) in [5, 5.41) is 28.4. The van der Waals surface area contributed by atoms with Crippen molar-refractivity contribution in [2.75, 3.05) is 12.3 Å². The number of carbonyl (C=O) groups excluding carboxylic acids is 3. The number of fused-ring (bicyclic) bond motifs is 1. The van der Waals surface area contributed by atoms with Gasteiger partial charge in [-0.3, -0.25) is 9.35 Å². The third-order valence-electron chi connectivity index (χ3n) is 5.81. The van der Waals surface area contributed by atoms with E-state index in [1.54, 1.807) is 0 Å². The Hall–Kier alpha value is -2.65. The van der Waals surface area contributed by atoms with Crippen LogP contribution in [0.25, 0.3) is 0 Å². The summed E-state index contributed by atoms with van der Waals surface area (Å²) in [6.07, 6.45) is 4.65. The molecule has 3 atom stereocenters. The molecule has 2 aliphatic rings. The van der Waals surface area contributed by atoms with E-state index in [0.29, 0.717) is 43.5 Å². The zero-order valence-electron chi connectivity index (χ0n) is 18.9. The molecule has 6 N–H and O–H groups in total. The third-order valence-corrected chi connectivity index (χ3v) is 8.18. The van der Waals surface area contributed by atoms with Crippen molar-refractivity contribution in [2.45, 2.75) is 73.6 Å². The smallest absolute Gasteiger partial charge is 0.333 e. The number of urea groups is 1. The number of rotatable bonds is 13. The van der Waals surface area contributed by atoms with Crippen molar-refractivity contribution in [1.29, 1.82) is 0 Å². The van der Waals surface area contributed by atoms with Crippen LogP contribution in [0.5, 0.6) is 11.8 Å². The molecule has 35 heavy (non-hydrogen) atoms. The molecular formula is C20H30N4O9S2. The van der Waals surface area contributed by atoms with Gasteiger partial charge in [-0.05, 0) is 25.7 Å². The summed E-state index contributed by atoms with van der Waals surface area (Å²) in [7, 11) is -4.80. The zero-order valence-corrected chi connectivity index (χ0v) is 20.6. The van der Waals surface area contributed by atoms with Crippen molar-refractivity contribution >= 4 is 39.8 Å². The quantitative estimate of drug-likeness (QED) is 0.118. The number of hydrogen-bond acceptors (Lipinski definition) is 9. The first-order chi connectivity index (χ1) is 16.6. The maximum atomic E-state index is 12.0. The second-order valence-corrected chi connectivity index (χ2v) is 11.1. The van der Waals surface area contributed by atoms with E-state index < -0.39 is 32.7 Å². The van der Waals surface area contributed by atoms with Crippen molar-refractivity contribution in [3.8, 4) is 11.8 Å². The summed E-state index contributed by atoms with van der Waals surface area (Å²) >= 11 is 1.85. The average molecular weight is 535 g/mol. The molecule has 3 heterocycles. The van der Waals surface area contributed by atoms with Gasteiger partial charge < -0.3 is 31.0 Å². The van der Waals surface area contributed by atoms with Gasteiger partial charge in [0, 0.05) is 36.5 Å². The van der Waals surface area contributed by atoms with E-state index >= 15 is 0 Å². The maximum Gasteiger partial charge on any atom is 0.333 e. The number of carbonyl (C=O) groups is 3. The lowest BCUT2D eigenvalue weighted by Crippen LogP contribution is -2.36. The van der Waals surface area contributed by atoms with Gasteiger partial charge in [-0.25, -0.2) is 9.59 Å². The number of amides is 3. The molecule has 0 radical (unpaired) electrons. The number of nitrogens with one attached hydrogen (secondary N) is 3. The van der Waals surface area contributed by atoms with Crippen LogP contribution < -0.4 is 20.8 Å². The summed E-state index contributed by atoms with van der Waals surface area (Å²) < 4.78 is 31.3. The van der Waals surface area contributed by atoms with E-state index in [9.17, 15) is 33.0 Å². The van der Waals surface area contributed by atoms with Gasteiger partial charge in [0.25, 0.3) is 16.0 Å². The molecule has 1 aromatic heterocycles. The van der Waals surface area contributed by atoms with Crippen LogP contribution in [0, 0.1) is 0 Å². The Balaban J connectivity index is 1.22. The van der Waals surface area contributed by atoms with Crippen molar-refractivity contribution < 1.29 is 42.4 Å². The van der Waals surface area contributed by atoms with Gasteiger partial charge in [-0.15, -0.1) is 4.73 Å². The topological polar surface area (TPSA) is 196 Å². The normalized spacial score (nSPS) is 21.3. The Morgan fingerprint density at radius 2 is 1.89 bits per heavy atom. The van der Waals surface area contributed by atoms with Crippen LogP contribution in [-0.2, 0) is 19.7 Å². The molecule has 1 aromatic rings. The van der Waals surface area contributed by atoms with E-state index in [4.69, 9.17) is 9.39 Å². The molecule has 0 bridgehead atoms. The lowest BCUT2D eigenvalue weighted by Gasteiger charge is -2.16. The Morgan fingerprint density at radius 3 is 2.60 bits per heavy atom. The Labute approximate surface area is 206 Å². The monoisotopic (exact) mass is 534 g/mol. The summed E-state index contributed by atoms with van der Waals surface area (Å²) in [4.78, 5) is 39.0. The second kappa shape index (κ2) is 11.9. The van der Waals surface area contributed by atoms with Crippen LogP contribution in [0.2, 0.25) is 0 Å². The summed E-state index contributed by atoms with van der Waals surface area (Å²) in [6.45, 7) is 0.463. The van der Waals surface area contributed by atoms with Gasteiger partial charge in [0.05, 0.1) is 12.1 Å². The highest BCUT2D eigenvalue weighted by atomic mass is 32.2. The van der Waals surface area contributed by atoms with Crippen LogP contribution in [0.1, 0.15) is 51.4 Å². The van der Waals surface area contributed by atoms with Gasteiger partial charge >= 0.3 is 12.0 Å². The molecule has 0 unspecified atom stereocenters. The summed E-state index contributed by atoms with van der Waals surface area (Å²) in [5.74, 6) is -1.92. The van der Waals surface area contributed by atoms with Gasteiger partial charge in [-0.1, -0.05) is 12.8 Å². The Morgan fingerprint density at radius 1 is 1.14 bits per heavy atom. The Bertz CT molecular complexity index is 1040. The van der Waals surface area contributed by atoms with E-state index in [1.165, 1.54) is 0 Å². The molecular weight excluding hydrogens is 504 g/mol. The van der Waals surface area contributed by atoms with Gasteiger partial charge in [0.2, 0.25) is 11.8 Å². The van der Waals surface area contributed by atoms with Gasteiger partial charge in [-0.2, -0.15) is 20.2 Å². The zero-order chi connectivity index (χ0) is 25.6. The molecule has 2 saturated heterocycles. The Kier molecular flexibility index (Phi) is 9.13. The van der Waals surface area contributed by atoms with Crippen LogP contribution >= 0.6 is 11.8 Å². The van der Waals surface area contributed by atoms with E-state index in [1.807, 2.05) is 11.8 Å². The highest BCUT2D eigenvalue weighted by Crippen LogP contribution is 2.33. The molecule has 2 aliphatic heterocycles. The minimum atomic E-state index is -4.80. The summed E-state index contributed by atoms with van der Waals surface area (Å²) in [5.41, 5.74) is 0. The van der Waals surface area contributed by atoms with Crippen molar-refractivity contribution in [3.05, 3.63) is 6.07 Å². The molecule has 13 nitrogen and oxygen atoms in total. The molecule has 0 aromatic carbocycles. The van der Waals surface area contributed by atoms with Gasteiger partial charge in [0.15, 0.2) is 4.90 Å². The largest absolute Gasteiger partial charge is 0.492 e. The first-order valence-corrected chi connectivity index (χ1v) is 13.8. The maximum absolute atomic E-state index is 12.0. The standard InChI is InChI=1S/C20H30N4O9S2/c25-15(7-4-3-6-13-18-12(11-34-13)22-20(29)23-18)21-9-5-1-2-8-17(27)33-24-16(26)10-14(19(24)28)35(30,31)32/h10,12-13,18,26,28H,1-9,11H2,(H,21,25)(H2,22,23,29)(H,30,31,32)/t12-,13-,18-/m0/s1. The molecule has 2 fully saturated rings. The van der Waals surface area contributed by atoms with E-state index in [0.717, 1.165) is 25.0 Å². The molecule has 3 amide bonds. The van der Waals surface area contributed by atoms with Crippen LogP contribution in [0.15, 0.2) is 11.0 Å². The first kappa shape index (κ1) is 26.9. The number of nitrogens with zero attached hydrogens (tertiary/aromatic N) is 1. The number of unbranched alkanes of at least 4 members (excludes halogenated alkanes) is 3. The van der Waals surface area contributed by atoms with E-state index in [-0.39, 0.29) is 35.2 Å². The van der Waals surface area contributed by atoms with Gasteiger partial charge in [0.1, 0.15) is 0 Å². The van der Waals surface area contributed by atoms with Crippen molar-refractivity contribution in [1.82, 2.24) is 20.7 Å². The van der Waals surface area contributed by atoms with Crippen molar-refractivity contribution in [2.24, 2.45) is 0 Å². The van der Waals surface area contributed by atoms with Crippen LogP contribution in [0.4, 0.5) is 4.79 Å². The van der Waals surface area contributed by atoms with Crippen LogP contribution in [0.3, 0.4) is 0 Å². The fraction of sp³-hybridized carbons (Fsp3) is 0.650. The number of aromatic hydroxyl groups is 2. The minimum Gasteiger partial charge on any atom is -0.492 e. The lowest BCUT2D eigenvalue weighted by molar-refractivity contribution is -0.145. The minimum absolute atomic E-state index is 0.0367. The molecule has 196 valence electrons. The fourth-order valence-electron chi connectivity index (χ4n) is 4.04. The highest BCUT2D eigenvalue weighted by Gasteiger charge is 2.42. The van der Waals surface area contributed by atoms with Crippen molar-refractivity contribution in [3.63, 3.8) is 0 Å².